The van der Waals surface area contributed by atoms with Crippen LogP contribution in [0, 0.1) is 0 Å². The lowest BCUT2D eigenvalue weighted by atomic mass is 10.1. The van der Waals surface area contributed by atoms with E-state index in [0.717, 1.165) is 29.4 Å². The molecule has 0 fully saturated rings. The van der Waals surface area contributed by atoms with E-state index in [1.807, 2.05) is 66.7 Å². The van der Waals surface area contributed by atoms with E-state index in [9.17, 15) is 4.79 Å². The Kier molecular flexibility index (Phi) is 6.64. The Balaban J connectivity index is 1.28. The maximum Gasteiger partial charge on any atom is 0.257 e. The normalized spacial score (nSPS) is 10.9. The summed E-state index contributed by atoms with van der Waals surface area (Å²) in [6.07, 6.45) is 0. The number of oxazole rings is 1. The Morgan fingerprint density at radius 2 is 1.67 bits per heavy atom. The van der Waals surface area contributed by atoms with Crippen molar-refractivity contribution in [3.8, 4) is 11.5 Å². The first kappa shape index (κ1) is 23.5. The third kappa shape index (κ3) is 4.92. The fourth-order valence-electron chi connectivity index (χ4n) is 4.20. The number of rotatable bonds is 6. The lowest BCUT2D eigenvalue weighted by Crippen LogP contribution is -2.34. The second kappa shape index (κ2) is 10.2. The van der Waals surface area contributed by atoms with Gasteiger partial charge in [-0.3, -0.25) is 10.1 Å². The number of aromatic nitrogens is 1. The first-order valence-corrected chi connectivity index (χ1v) is 12.3. The Morgan fingerprint density at radius 3 is 2.42 bits per heavy atom. The molecule has 180 valence electrons. The molecule has 6 nitrogen and oxygen atoms in total. The third-order valence-electron chi connectivity index (χ3n) is 6.13. The Bertz CT molecular complexity index is 1560. The molecule has 0 atom stereocenters. The van der Waals surface area contributed by atoms with Crippen LogP contribution in [0.15, 0.2) is 89.3 Å². The monoisotopic (exact) mass is 494 g/mol. The third-order valence-corrected chi connectivity index (χ3v) is 6.33. The zero-order valence-corrected chi connectivity index (χ0v) is 20.9. The van der Waals surface area contributed by atoms with Crippen LogP contribution in [-0.4, -0.2) is 29.1 Å². The summed E-state index contributed by atoms with van der Waals surface area (Å²) in [6.45, 7) is 6.20. The summed E-state index contributed by atoms with van der Waals surface area (Å²) in [4.78, 5) is 19.6. The van der Waals surface area contributed by atoms with Crippen LogP contribution in [0.5, 0.6) is 0 Å². The predicted octanol–water partition coefficient (Wildman–Crippen LogP) is 6.62. The van der Waals surface area contributed by atoms with Crippen LogP contribution >= 0.6 is 12.2 Å². The van der Waals surface area contributed by atoms with Crippen LogP contribution < -0.4 is 15.5 Å². The van der Waals surface area contributed by atoms with Crippen LogP contribution in [0.1, 0.15) is 24.2 Å². The summed E-state index contributed by atoms with van der Waals surface area (Å²) < 4.78 is 5.97. The van der Waals surface area contributed by atoms with E-state index < -0.39 is 0 Å². The SMILES string of the molecule is CCN(CC)c1ccc(-c2nc3cc(NC(=S)NC(=O)c4ccc5ccccc5c4)ccc3o2)cc1. The maximum absolute atomic E-state index is 12.7. The number of thiocarbonyl (C=S) groups is 1. The fraction of sp³-hybridized carbons (Fsp3) is 0.138. The summed E-state index contributed by atoms with van der Waals surface area (Å²) in [7, 11) is 0. The van der Waals surface area contributed by atoms with Gasteiger partial charge in [0.05, 0.1) is 0 Å². The van der Waals surface area contributed by atoms with Gasteiger partial charge in [0.2, 0.25) is 5.89 Å². The van der Waals surface area contributed by atoms with Crippen molar-refractivity contribution in [1.29, 1.82) is 0 Å². The molecule has 1 heterocycles. The standard InChI is InChI=1S/C29H26N4O2S/c1-3-33(4-2)24-14-11-20(12-15-24)28-31-25-18-23(13-16-26(25)35-28)30-29(36)32-27(34)22-10-9-19-7-5-6-8-21(19)17-22/h5-18H,3-4H2,1-2H3,(H2,30,32,34,36). The van der Waals surface area contributed by atoms with Gasteiger partial charge in [0, 0.05) is 35.6 Å². The molecule has 7 heteroatoms. The number of anilines is 2. The van der Waals surface area contributed by atoms with Crippen LogP contribution in [0.3, 0.4) is 0 Å². The van der Waals surface area contributed by atoms with Gasteiger partial charge >= 0.3 is 0 Å². The number of benzene rings is 4. The van der Waals surface area contributed by atoms with Gasteiger partial charge in [-0.05, 0) is 91.4 Å². The number of nitrogens with one attached hydrogen (secondary N) is 2. The number of nitrogens with zero attached hydrogens (tertiary/aromatic N) is 2. The second-order valence-corrected chi connectivity index (χ2v) is 8.80. The van der Waals surface area contributed by atoms with Crippen molar-refractivity contribution in [3.63, 3.8) is 0 Å². The highest BCUT2D eigenvalue weighted by molar-refractivity contribution is 7.80. The summed E-state index contributed by atoms with van der Waals surface area (Å²) in [5.74, 6) is 0.289. The molecule has 5 rings (SSSR count). The highest BCUT2D eigenvalue weighted by atomic mass is 32.1. The summed E-state index contributed by atoms with van der Waals surface area (Å²) >= 11 is 5.37. The average Bonchev–Trinajstić information content (AvgIpc) is 3.33. The summed E-state index contributed by atoms with van der Waals surface area (Å²) in [6, 6.07) is 27.2. The molecule has 0 saturated carbocycles. The molecule has 36 heavy (non-hydrogen) atoms. The molecular formula is C29H26N4O2S. The van der Waals surface area contributed by atoms with Gasteiger partial charge < -0.3 is 14.6 Å². The van der Waals surface area contributed by atoms with E-state index >= 15 is 0 Å². The van der Waals surface area contributed by atoms with Gasteiger partial charge in [-0.2, -0.15) is 0 Å². The molecule has 1 amide bonds. The summed E-state index contributed by atoms with van der Waals surface area (Å²) in [5, 5.41) is 8.10. The van der Waals surface area contributed by atoms with E-state index in [4.69, 9.17) is 16.6 Å². The van der Waals surface area contributed by atoms with E-state index in [0.29, 0.717) is 28.2 Å². The highest BCUT2D eigenvalue weighted by Gasteiger charge is 2.12. The number of hydrogen-bond donors (Lipinski definition) is 2. The first-order valence-electron chi connectivity index (χ1n) is 11.9. The molecule has 0 unspecified atom stereocenters. The minimum absolute atomic E-state index is 0.211. The maximum atomic E-state index is 12.7. The second-order valence-electron chi connectivity index (χ2n) is 8.39. The van der Waals surface area contributed by atoms with E-state index in [1.54, 1.807) is 6.07 Å². The highest BCUT2D eigenvalue weighted by Crippen LogP contribution is 2.28. The van der Waals surface area contributed by atoms with Crippen LogP contribution in [-0.2, 0) is 0 Å². The van der Waals surface area contributed by atoms with Gasteiger partial charge in [0.1, 0.15) is 5.52 Å². The number of hydrogen-bond acceptors (Lipinski definition) is 5. The van der Waals surface area contributed by atoms with Crippen molar-refractivity contribution in [2.24, 2.45) is 0 Å². The van der Waals surface area contributed by atoms with E-state index in [1.165, 1.54) is 5.69 Å². The van der Waals surface area contributed by atoms with Crippen LogP contribution in [0.4, 0.5) is 11.4 Å². The summed E-state index contributed by atoms with van der Waals surface area (Å²) in [5.41, 5.74) is 4.71. The van der Waals surface area contributed by atoms with E-state index in [-0.39, 0.29) is 11.0 Å². The van der Waals surface area contributed by atoms with Gasteiger partial charge in [0.25, 0.3) is 5.91 Å². The number of carbonyl (C=O) groups is 1. The van der Waals surface area contributed by atoms with Crippen molar-refractivity contribution in [3.05, 3.63) is 90.5 Å². The molecule has 0 aliphatic heterocycles. The molecule has 5 aromatic rings. The van der Waals surface area contributed by atoms with Crippen molar-refractivity contribution in [2.75, 3.05) is 23.3 Å². The van der Waals surface area contributed by atoms with Crippen molar-refractivity contribution in [2.45, 2.75) is 13.8 Å². The van der Waals surface area contributed by atoms with Gasteiger partial charge in [-0.25, -0.2) is 4.98 Å². The average molecular weight is 495 g/mol. The minimum atomic E-state index is -0.267. The van der Waals surface area contributed by atoms with Crippen LogP contribution in [0.25, 0.3) is 33.3 Å². The van der Waals surface area contributed by atoms with Gasteiger partial charge in [0.15, 0.2) is 10.7 Å². The minimum Gasteiger partial charge on any atom is -0.436 e. The predicted molar refractivity (Wildman–Crippen MR) is 151 cm³/mol. The number of fused-ring (bicyclic) bond motifs is 2. The molecule has 1 aromatic heterocycles. The quantitative estimate of drug-likeness (QED) is 0.259. The molecule has 0 bridgehead atoms. The van der Waals surface area contributed by atoms with Crippen LogP contribution in [0.2, 0.25) is 0 Å². The Labute approximate surface area is 214 Å². The molecule has 2 N–H and O–H groups in total. The molecule has 0 aliphatic rings. The van der Waals surface area contributed by atoms with Crippen molar-refractivity contribution < 1.29 is 9.21 Å². The van der Waals surface area contributed by atoms with Gasteiger partial charge in [-0.15, -0.1) is 0 Å². The molecule has 0 aliphatic carbocycles. The molecular weight excluding hydrogens is 468 g/mol. The lowest BCUT2D eigenvalue weighted by Gasteiger charge is -2.20. The van der Waals surface area contributed by atoms with Crippen molar-refractivity contribution >= 4 is 56.5 Å². The Hall–Kier alpha value is -4.23. The topological polar surface area (TPSA) is 70.4 Å². The lowest BCUT2D eigenvalue weighted by molar-refractivity contribution is 0.0978. The van der Waals surface area contributed by atoms with Gasteiger partial charge in [-0.1, -0.05) is 30.3 Å². The molecule has 0 saturated heterocycles. The zero-order valence-electron chi connectivity index (χ0n) is 20.1. The number of carbonyl (C=O) groups excluding carboxylic acids is 1. The van der Waals surface area contributed by atoms with Crippen molar-refractivity contribution in [1.82, 2.24) is 10.3 Å². The van der Waals surface area contributed by atoms with E-state index in [2.05, 4.69) is 46.5 Å². The smallest absolute Gasteiger partial charge is 0.257 e. The fourth-order valence-corrected chi connectivity index (χ4v) is 4.41. The molecule has 4 aromatic carbocycles. The molecule has 0 radical (unpaired) electrons. The largest absolute Gasteiger partial charge is 0.436 e. The Morgan fingerprint density at radius 1 is 0.917 bits per heavy atom. The zero-order chi connectivity index (χ0) is 25.1. The number of amides is 1. The molecule has 0 spiro atoms. The first-order chi connectivity index (χ1) is 17.5.